The lowest BCUT2D eigenvalue weighted by Gasteiger charge is -2.15. The maximum atomic E-state index is 12.6. The Bertz CT molecular complexity index is 1160. The lowest BCUT2D eigenvalue weighted by molar-refractivity contribution is 0.262. The Morgan fingerprint density at radius 3 is 2.19 bits per heavy atom. The van der Waals surface area contributed by atoms with E-state index in [1.165, 1.54) is 26.0 Å². The Kier molecular flexibility index (Phi) is 6.14. The summed E-state index contributed by atoms with van der Waals surface area (Å²) in [5, 5.41) is 9.74. The molecule has 1 aromatic carbocycles. The Morgan fingerprint density at radius 1 is 1.00 bits per heavy atom. The molecule has 2 heterocycles. The molecule has 0 fully saturated rings. The van der Waals surface area contributed by atoms with Crippen molar-refractivity contribution >= 4 is 17.5 Å². The van der Waals surface area contributed by atoms with Gasteiger partial charge in [-0.15, -0.1) is 0 Å². The third-order valence-electron chi connectivity index (χ3n) is 4.58. The summed E-state index contributed by atoms with van der Waals surface area (Å²) in [6.45, 7) is 5.18. The standard InChI is InChI=1S/C20H24N6O5/c1-10-7-16(26(25-10)19-21-12(3)11(2)18(27)24-19)23-20(28)22-13-8-14(29-4)17(31-6)15(9-13)30-5/h7-9H,1-6H3,(H,21,24,27)(H2,22,23,28). The number of hydrogen-bond donors (Lipinski definition) is 3. The zero-order chi connectivity index (χ0) is 22.7. The zero-order valence-corrected chi connectivity index (χ0v) is 18.1. The number of carbonyl (C=O) groups is 1. The lowest BCUT2D eigenvalue weighted by atomic mass is 10.2. The minimum atomic E-state index is -0.540. The van der Waals surface area contributed by atoms with Gasteiger partial charge in [0.2, 0.25) is 11.7 Å². The molecule has 0 aliphatic rings. The molecule has 2 aromatic heterocycles. The van der Waals surface area contributed by atoms with Gasteiger partial charge in [0.1, 0.15) is 5.82 Å². The molecule has 0 aliphatic heterocycles. The van der Waals surface area contributed by atoms with Gasteiger partial charge in [0.05, 0.1) is 32.7 Å². The van der Waals surface area contributed by atoms with E-state index in [1.54, 1.807) is 39.0 Å². The first-order valence-electron chi connectivity index (χ1n) is 9.30. The Balaban J connectivity index is 1.88. The number of amides is 2. The van der Waals surface area contributed by atoms with Crippen LogP contribution in [0.3, 0.4) is 0 Å². The molecule has 31 heavy (non-hydrogen) atoms. The van der Waals surface area contributed by atoms with E-state index in [1.807, 2.05) is 0 Å². The van der Waals surface area contributed by atoms with Gasteiger partial charge in [-0.25, -0.2) is 9.78 Å². The topological polar surface area (TPSA) is 132 Å². The molecular formula is C20H24N6O5. The van der Waals surface area contributed by atoms with Crippen molar-refractivity contribution in [1.82, 2.24) is 19.7 Å². The van der Waals surface area contributed by atoms with Crippen LogP contribution in [0.5, 0.6) is 17.2 Å². The highest BCUT2D eigenvalue weighted by atomic mass is 16.5. The highest BCUT2D eigenvalue weighted by Gasteiger charge is 2.17. The molecule has 0 spiro atoms. The van der Waals surface area contributed by atoms with Crippen molar-refractivity contribution < 1.29 is 19.0 Å². The minimum Gasteiger partial charge on any atom is -0.493 e. The van der Waals surface area contributed by atoms with Crippen LogP contribution >= 0.6 is 0 Å². The van der Waals surface area contributed by atoms with Gasteiger partial charge in [0, 0.05) is 29.5 Å². The molecule has 0 unspecified atom stereocenters. The normalized spacial score (nSPS) is 10.5. The third-order valence-corrected chi connectivity index (χ3v) is 4.58. The number of aryl methyl sites for hydroxylation is 2. The van der Waals surface area contributed by atoms with Crippen molar-refractivity contribution in [3.63, 3.8) is 0 Å². The molecule has 3 N–H and O–H groups in total. The van der Waals surface area contributed by atoms with E-state index in [4.69, 9.17) is 14.2 Å². The van der Waals surface area contributed by atoms with E-state index in [9.17, 15) is 9.59 Å². The number of anilines is 2. The maximum Gasteiger partial charge on any atom is 0.324 e. The molecule has 0 aliphatic carbocycles. The fraction of sp³-hybridized carbons (Fsp3) is 0.300. The second-order valence-corrected chi connectivity index (χ2v) is 6.68. The van der Waals surface area contributed by atoms with Crippen molar-refractivity contribution in [2.24, 2.45) is 0 Å². The molecule has 0 atom stereocenters. The highest BCUT2D eigenvalue weighted by Crippen LogP contribution is 2.39. The molecule has 11 heteroatoms. The van der Waals surface area contributed by atoms with Gasteiger partial charge < -0.3 is 19.5 Å². The second kappa shape index (κ2) is 8.78. The van der Waals surface area contributed by atoms with Crippen LogP contribution in [0.2, 0.25) is 0 Å². The summed E-state index contributed by atoms with van der Waals surface area (Å²) >= 11 is 0. The first-order valence-corrected chi connectivity index (χ1v) is 9.30. The van der Waals surface area contributed by atoms with Gasteiger partial charge >= 0.3 is 6.03 Å². The summed E-state index contributed by atoms with van der Waals surface area (Å²) in [5.41, 5.74) is 1.86. The Hall–Kier alpha value is -4.02. The zero-order valence-electron chi connectivity index (χ0n) is 18.1. The number of rotatable bonds is 6. The number of carbonyl (C=O) groups excluding carboxylic acids is 1. The van der Waals surface area contributed by atoms with Crippen LogP contribution < -0.4 is 30.4 Å². The summed E-state index contributed by atoms with van der Waals surface area (Å²) in [6, 6.07) is 4.32. The average molecular weight is 428 g/mol. The van der Waals surface area contributed by atoms with Crippen LogP contribution in [0.15, 0.2) is 23.0 Å². The number of aromatic amines is 1. The molecule has 0 saturated carbocycles. The van der Waals surface area contributed by atoms with Crippen LogP contribution in [0.25, 0.3) is 5.95 Å². The number of nitrogens with zero attached hydrogens (tertiary/aromatic N) is 3. The van der Waals surface area contributed by atoms with Gasteiger partial charge in [-0.05, 0) is 20.8 Å². The largest absolute Gasteiger partial charge is 0.493 e. The SMILES string of the molecule is COc1cc(NC(=O)Nc2cc(C)nn2-c2nc(C)c(C)c(=O)[nH]2)cc(OC)c1OC. The predicted octanol–water partition coefficient (Wildman–Crippen LogP) is 2.55. The monoisotopic (exact) mass is 428 g/mol. The first kappa shape index (κ1) is 21.7. The van der Waals surface area contributed by atoms with Crippen molar-refractivity contribution in [1.29, 1.82) is 0 Å². The highest BCUT2D eigenvalue weighted by molar-refractivity contribution is 5.99. The number of aromatic nitrogens is 4. The second-order valence-electron chi connectivity index (χ2n) is 6.68. The van der Waals surface area contributed by atoms with Crippen LogP contribution in [0, 0.1) is 20.8 Å². The van der Waals surface area contributed by atoms with Crippen molar-refractivity contribution in [3.8, 4) is 23.2 Å². The Morgan fingerprint density at radius 2 is 1.65 bits per heavy atom. The fourth-order valence-electron chi connectivity index (χ4n) is 2.91. The molecule has 3 aromatic rings. The number of methoxy groups -OCH3 is 3. The van der Waals surface area contributed by atoms with Crippen LogP contribution in [0.4, 0.5) is 16.3 Å². The van der Waals surface area contributed by atoms with E-state index >= 15 is 0 Å². The molecule has 3 rings (SSSR count). The van der Waals surface area contributed by atoms with E-state index < -0.39 is 6.03 Å². The lowest BCUT2D eigenvalue weighted by Crippen LogP contribution is -2.23. The van der Waals surface area contributed by atoms with Gasteiger partial charge in [-0.2, -0.15) is 9.78 Å². The maximum absolute atomic E-state index is 12.6. The summed E-state index contributed by atoms with van der Waals surface area (Å²) < 4.78 is 17.2. The Labute approximate surface area is 178 Å². The average Bonchev–Trinajstić information content (AvgIpc) is 3.10. The van der Waals surface area contributed by atoms with Crippen molar-refractivity contribution in [2.45, 2.75) is 20.8 Å². The summed E-state index contributed by atoms with van der Waals surface area (Å²) in [7, 11) is 4.47. The van der Waals surface area contributed by atoms with Gasteiger partial charge in [0.25, 0.3) is 5.56 Å². The third kappa shape index (κ3) is 4.44. The van der Waals surface area contributed by atoms with Crippen molar-refractivity contribution in [3.05, 3.63) is 45.5 Å². The number of urea groups is 1. The molecule has 0 saturated heterocycles. The smallest absolute Gasteiger partial charge is 0.324 e. The number of nitrogens with one attached hydrogen (secondary N) is 3. The molecule has 0 bridgehead atoms. The number of ether oxygens (including phenoxy) is 3. The first-order chi connectivity index (χ1) is 14.8. The van der Waals surface area contributed by atoms with Gasteiger partial charge in [-0.1, -0.05) is 0 Å². The van der Waals surface area contributed by atoms with Crippen LogP contribution in [-0.4, -0.2) is 47.1 Å². The summed E-state index contributed by atoms with van der Waals surface area (Å²) in [6.07, 6.45) is 0. The van der Waals surface area contributed by atoms with Gasteiger partial charge in [-0.3, -0.25) is 15.1 Å². The molecule has 164 valence electrons. The predicted molar refractivity (Wildman–Crippen MR) is 115 cm³/mol. The van der Waals surface area contributed by atoms with E-state index in [2.05, 4.69) is 25.7 Å². The molecule has 2 amide bonds. The number of hydrogen-bond acceptors (Lipinski definition) is 7. The van der Waals surface area contributed by atoms with Crippen LogP contribution in [0.1, 0.15) is 17.0 Å². The molecule has 11 nitrogen and oxygen atoms in total. The van der Waals surface area contributed by atoms with Crippen molar-refractivity contribution in [2.75, 3.05) is 32.0 Å². The molecular weight excluding hydrogens is 404 g/mol. The number of H-pyrrole nitrogens is 1. The fourth-order valence-corrected chi connectivity index (χ4v) is 2.91. The number of benzene rings is 1. The van der Waals surface area contributed by atoms with E-state index in [0.29, 0.717) is 45.7 Å². The molecule has 0 radical (unpaired) electrons. The van der Waals surface area contributed by atoms with Gasteiger partial charge in [0.15, 0.2) is 11.5 Å². The summed E-state index contributed by atoms with van der Waals surface area (Å²) in [5.74, 6) is 1.73. The summed E-state index contributed by atoms with van der Waals surface area (Å²) in [4.78, 5) is 31.8. The van der Waals surface area contributed by atoms with Crippen LogP contribution in [-0.2, 0) is 0 Å². The van der Waals surface area contributed by atoms with E-state index in [0.717, 1.165) is 0 Å². The minimum absolute atomic E-state index is 0.198. The quantitative estimate of drug-likeness (QED) is 0.550. The van der Waals surface area contributed by atoms with E-state index in [-0.39, 0.29) is 11.5 Å².